The number of Topliss-reactive ketones (excluding diaryl/α,β-unsaturated/α-hetero) is 1. The van der Waals surface area contributed by atoms with Crippen molar-refractivity contribution < 1.29 is 9.53 Å². The van der Waals surface area contributed by atoms with Crippen molar-refractivity contribution in [2.75, 3.05) is 12.8 Å². The van der Waals surface area contributed by atoms with Crippen molar-refractivity contribution in [3.8, 4) is 5.75 Å². The Balaban J connectivity index is 2.00. The molecule has 5 heteroatoms. The number of nitrogens with one attached hydrogen (secondary N) is 1. The molecule has 0 aliphatic heterocycles. The van der Waals surface area contributed by atoms with Crippen molar-refractivity contribution in [1.29, 1.82) is 0 Å². The van der Waals surface area contributed by atoms with Gasteiger partial charge in [0.1, 0.15) is 5.75 Å². The molecule has 2 aromatic rings. The summed E-state index contributed by atoms with van der Waals surface area (Å²) in [5.41, 5.74) is 7.74. The Kier molecular flexibility index (Phi) is 4.90. The minimum Gasteiger partial charge on any atom is -0.495 e. The van der Waals surface area contributed by atoms with Crippen molar-refractivity contribution >= 4 is 11.5 Å². The molecule has 3 N–H and O–H groups in total. The zero-order valence-electron chi connectivity index (χ0n) is 12.2. The number of ketones is 1. The number of aromatic nitrogens is 1. The third-order valence-corrected chi connectivity index (χ3v) is 3.22. The lowest BCUT2D eigenvalue weighted by atomic mass is 10.0. The number of hydrogen-bond donors (Lipinski definition) is 2. The molecule has 0 saturated carbocycles. The number of nitrogens with zero attached hydrogens (tertiary/aromatic N) is 1. The normalized spacial score (nSPS) is 11.9. The molecule has 1 atom stereocenters. The van der Waals surface area contributed by atoms with Crippen LogP contribution in [0.3, 0.4) is 0 Å². The zero-order valence-corrected chi connectivity index (χ0v) is 12.2. The van der Waals surface area contributed by atoms with E-state index >= 15 is 0 Å². The van der Waals surface area contributed by atoms with E-state index in [1.807, 2.05) is 25.1 Å². The molecule has 0 saturated heterocycles. The summed E-state index contributed by atoms with van der Waals surface area (Å²) in [6.45, 7) is 2.37. The highest BCUT2D eigenvalue weighted by atomic mass is 16.5. The van der Waals surface area contributed by atoms with E-state index in [2.05, 4.69) is 10.3 Å². The van der Waals surface area contributed by atoms with Gasteiger partial charge >= 0.3 is 0 Å². The molecular weight excluding hydrogens is 266 g/mol. The number of rotatable bonds is 6. The Labute approximate surface area is 124 Å². The highest BCUT2D eigenvalue weighted by Crippen LogP contribution is 2.22. The Hall–Kier alpha value is -2.40. The maximum atomic E-state index is 12.3. The van der Waals surface area contributed by atoms with Crippen LogP contribution in [0.5, 0.6) is 5.75 Å². The van der Waals surface area contributed by atoms with Crippen LogP contribution in [0.25, 0.3) is 0 Å². The van der Waals surface area contributed by atoms with Gasteiger partial charge in [0.25, 0.3) is 0 Å². The van der Waals surface area contributed by atoms with E-state index in [9.17, 15) is 4.79 Å². The molecule has 1 unspecified atom stereocenters. The molecule has 5 nitrogen and oxygen atoms in total. The first-order valence-corrected chi connectivity index (χ1v) is 6.73. The molecule has 110 valence electrons. The van der Waals surface area contributed by atoms with Gasteiger partial charge in [-0.1, -0.05) is 6.07 Å². The lowest BCUT2D eigenvalue weighted by Gasteiger charge is -2.13. The molecule has 0 fully saturated rings. The SMILES string of the molecule is COc1ccc(C(=O)C(C)NCc2ccccn2)cc1N. The monoisotopic (exact) mass is 285 g/mol. The predicted octanol–water partition coefficient (Wildman–Crippen LogP) is 2.03. The molecule has 1 aromatic carbocycles. The van der Waals surface area contributed by atoms with Gasteiger partial charge in [-0.05, 0) is 37.3 Å². The van der Waals surface area contributed by atoms with Crippen LogP contribution in [0, 0.1) is 0 Å². The fourth-order valence-electron chi connectivity index (χ4n) is 1.99. The van der Waals surface area contributed by atoms with Crippen molar-refractivity contribution in [2.45, 2.75) is 19.5 Å². The quantitative estimate of drug-likeness (QED) is 0.627. The van der Waals surface area contributed by atoms with Crippen LogP contribution >= 0.6 is 0 Å². The van der Waals surface area contributed by atoms with Crippen molar-refractivity contribution in [2.24, 2.45) is 0 Å². The van der Waals surface area contributed by atoms with Crippen LogP contribution in [-0.2, 0) is 6.54 Å². The van der Waals surface area contributed by atoms with E-state index in [0.717, 1.165) is 5.69 Å². The Bertz CT molecular complexity index is 614. The third-order valence-electron chi connectivity index (χ3n) is 3.22. The Morgan fingerprint density at radius 2 is 2.19 bits per heavy atom. The maximum absolute atomic E-state index is 12.3. The molecule has 2 rings (SSSR count). The molecular formula is C16H19N3O2. The van der Waals surface area contributed by atoms with Crippen LogP contribution in [0.2, 0.25) is 0 Å². The van der Waals surface area contributed by atoms with E-state index in [4.69, 9.17) is 10.5 Å². The number of benzene rings is 1. The van der Waals surface area contributed by atoms with Crippen molar-refractivity contribution in [1.82, 2.24) is 10.3 Å². The van der Waals surface area contributed by atoms with Crippen LogP contribution in [-0.4, -0.2) is 23.9 Å². The summed E-state index contributed by atoms with van der Waals surface area (Å²) in [4.78, 5) is 16.5. The highest BCUT2D eigenvalue weighted by Gasteiger charge is 2.16. The molecule has 21 heavy (non-hydrogen) atoms. The predicted molar refractivity (Wildman–Crippen MR) is 82.3 cm³/mol. The number of carbonyl (C=O) groups is 1. The summed E-state index contributed by atoms with van der Waals surface area (Å²) in [6, 6.07) is 10.4. The number of carbonyl (C=O) groups excluding carboxylic acids is 1. The molecule has 0 spiro atoms. The number of hydrogen-bond acceptors (Lipinski definition) is 5. The lowest BCUT2D eigenvalue weighted by Crippen LogP contribution is -2.33. The first-order chi connectivity index (χ1) is 10.1. The largest absolute Gasteiger partial charge is 0.495 e. The number of ether oxygens (including phenoxy) is 1. The molecule has 0 aliphatic rings. The fourth-order valence-corrected chi connectivity index (χ4v) is 1.99. The van der Waals surface area contributed by atoms with Crippen molar-refractivity contribution in [3.05, 3.63) is 53.9 Å². The summed E-state index contributed by atoms with van der Waals surface area (Å²) in [6.07, 6.45) is 1.73. The van der Waals surface area contributed by atoms with Gasteiger partial charge in [0, 0.05) is 18.3 Å². The number of pyridine rings is 1. The second-order valence-corrected chi connectivity index (χ2v) is 4.74. The minimum absolute atomic E-state index is 0.0136. The number of anilines is 1. The second kappa shape index (κ2) is 6.85. The van der Waals surface area contributed by atoms with Crippen LogP contribution in [0.4, 0.5) is 5.69 Å². The fraction of sp³-hybridized carbons (Fsp3) is 0.250. The topological polar surface area (TPSA) is 77.2 Å². The maximum Gasteiger partial charge on any atom is 0.179 e. The Morgan fingerprint density at radius 3 is 2.81 bits per heavy atom. The standard InChI is InChI=1S/C16H19N3O2/c1-11(19-10-13-5-3-4-8-18-13)16(20)12-6-7-15(21-2)14(17)9-12/h3-9,11,19H,10,17H2,1-2H3. The number of nitrogen functional groups attached to an aromatic ring is 1. The van der Waals surface area contributed by atoms with Gasteiger partial charge in [-0.15, -0.1) is 0 Å². The van der Waals surface area contributed by atoms with Gasteiger partial charge in [-0.2, -0.15) is 0 Å². The van der Waals surface area contributed by atoms with Crippen molar-refractivity contribution in [3.63, 3.8) is 0 Å². The first-order valence-electron chi connectivity index (χ1n) is 6.73. The van der Waals surface area contributed by atoms with E-state index in [0.29, 0.717) is 23.5 Å². The van der Waals surface area contributed by atoms with Gasteiger partial charge in [0.05, 0.1) is 24.5 Å². The molecule has 0 radical (unpaired) electrons. The summed E-state index contributed by atoms with van der Waals surface area (Å²) < 4.78 is 5.09. The van der Waals surface area contributed by atoms with E-state index in [1.54, 1.807) is 31.5 Å². The van der Waals surface area contributed by atoms with Gasteiger partial charge in [0.2, 0.25) is 0 Å². The van der Waals surface area contributed by atoms with Gasteiger partial charge in [0.15, 0.2) is 5.78 Å². The average molecular weight is 285 g/mol. The summed E-state index contributed by atoms with van der Waals surface area (Å²) in [5, 5.41) is 3.16. The summed E-state index contributed by atoms with van der Waals surface area (Å²) >= 11 is 0. The average Bonchev–Trinajstić information content (AvgIpc) is 2.52. The number of nitrogens with two attached hydrogens (primary N) is 1. The zero-order chi connectivity index (χ0) is 15.2. The van der Waals surface area contributed by atoms with E-state index in [1.165, 1.54) is 0 Å². The van der Waals surface area contributed by atoms with Gasteiger partial charge in [-0.25, -0.2) is 0 Å². The van der Waals surface area contributed by atoms with Gasteiger partial charge in [-0.3, -0.25) is 9.78 Å². The Morgan fingerprint density at radius 1 is 1.38 bits per heavy atom. The first kappa shape index (κ1) is 15.0. The minimum atomic E-state index is -0.320. The van der Waals surface area contributed by atoms with Gasteiger partial charge < -0.3 is 15.8 Å². The smallest absolute Gasteiger partial charge is 0.179 e. The molecule has 0 aliphatic carbocycles. The highest BCUT2D eigenvalue weighted by molar-refractivity contribution is 6.00. The molecule has 1 aromatic heterocycles. The number of methoxy groups -OCH3 is 1. The van der Waals surface area contributed by atoms with E-state index in [-0.39, 0.29) is 11.8 Å². The third kappa shape index (κ3) is 3.79. The van der Waals surface area contributed by atoms with Crippen LogP contribution in [0.15, 0.2) is 42.6 Å². The van der Waals surface area contributed by atoms with Crippen LogP contribution in [0.1, 0.15) is 23.0 Å². The second-order valence-electron chi connectivity index (χ2n) is 4.74. The lowest BCUT2D eigenvalue weighted by molar-refractivity contribution is 0.0950. The van der Waals surface area contributed by atoms with Crippen LogP contribution < -0.4 is 15.8 Å². The molecule has 1 heterocycles. The van der Waals surface area contributed by atoms with E-state index < -0.39 is 0 Å². The molecule has 0 bridgehead atoms. The molecule has 0 amide bonds. The summed E-state index contributed by atoms with van der Waals surface area (Å²) in [5.74, 6) is 0.556. The summed E-state index contributed by atoms with van der Waals surface area (Å²) in [7, 11) is 1.55.